The number of ether oxygens (including phenoxy) is 1. The predicted molar refractivity (Wildman–Crippen MR) is 100.0 cm³/mol. The smallest absolute Gasteiger partial charge is 0.332 e. The number of imidazole rings is 1. The zero-order valence-corrected chi connectivity index (χ0v) is 14.5. The number of hydrogen-bond acceptors (Lipinski definition) is 7. The second kappa shape index (κ2) is 6.68. The molecule has 1 aliphatic rings. The normalized spacial score (nSPS) is 16.9. The number of nitrogen functional groups attached to an aromatic ring is 1. The predicted octanol–water partition coefficient (Wildman–Crippen LogP) is 0.863. The third-order valence-electron chi connectivity index (χ3n) is 4.56. The molecule has 1 aromatic carbocycles. The van der Waals surface area contributed by atoms with Gasteiger partial charge in [0.2, 0.25) is 5.95 Å². The molecule has 3 heterocycles. The fourth-order valence-electron chi connectivity index (χ4n) is 3.27. The summed E-state index contributed by atoms with van der Waals surface area (Å²) < 4.78 is 6.83. The van der Waals surface area contributed by atoms with E-state index in [1.165, 1.54) is 11.0 Å². The molecule has 9 heteroatoms. The monoisotopic (exact) mass is 355 g/mol. The van der Waals surface area contributed by atoms with Gasteiger partial charge in [0.05, 0.1) is 12.8 Å². The number of aromatic amines is 1. The molecule has 1 atom stereocenters. The topological polar surface area (TPSA) is 123 Å². The maximum absolute atomic E-state index is 12.5. The van der Waals surface area contributed by atoms with E-state index in [2.05, 4.69) is 25.6 Å². The van der Waals surface area contributed by atoms with E-state index in [4.69, 9.17) is 10.5 Å². The van der Waals surface area contributed by atoms with Gasteiger partial charge in [0.25, 0.3) is 0 Å². The summed E-state index contributed by atoms with van der Waals surface area (Å²) in [5, 5.41) is 6.62. The minimum atomic E-state index is -0.347. The number of nitrogens with zero attached hydrogens (tertiary/aromatic N) is 3. The maximum atomic E-state index is 12.5. The summed E-state index contributed by atoms with van der Waals surface area (Å²) in [5.41, 5.74) is 7.11. The van der Waals surface area contributed by atoms with Crippen LogP contribution in [-0.4, -0.2) is 45.8 Å². The molecule has 2 aromatic heterocycles. The molecule has 136 valence electrons. The molecule has 0 unspecified atom stereocenters. The standard InChI is InChI=1S/C17H21N7O2/c1-26-12-7-3-2-6-11(12)24-15-13(21-17(24)25)14(18)22-16(23-15)20-9-10-5-4-8-19-10/h2-3,6-7,10,19H,4-5,8-9H2,1H3,(H,21,25)(H3,18,20,22,23)/t10-/m1/s1. The minimum Gasteiger partial charge on any atom is -0.495 e. The van der Waals surface area contributed by atoms with E-state index < -0.39 is 0 Å². The highest BCUT2D eigenvalue weighted by Crippen LogP contribution is 2.25. The van der Waals surface area contributed by atoms with Crippen molar-refractivity contribution in [2.75, 3.05) is 31.2 Å². The van der Waals surface area contributed by atoms with Gasteiger partial charge in [-0.3, -0.25) is 0 Å². The molecule has 1 fully saturated rings. The van der Waals surface area contributed by atoms with Crippen LogP contribution in [0.5, 0.6) is 5.75 Å². The Bertz CT molecular complexity index is 988. The highest BCUT2D eigenvalue weighted by atomic mass is 16.5. The van der Waals surface area contributed by atoms with Crippen LogP contribution >= 0.6 is 0 Å². The molecule has 9 nitrogen and oxygen atoms in total. The number of hydrogen-bond donors (Lipinski definition) is 4. The van der Waals surface area contributed by atoms with E-state index in [0.717, 1.165) is 13.0 Å². The van der Waals surface area contributed by atoms with Crippen LogP contribution in [0.3, 0.4) is 0 Å². The minimum absolute atomic E-state index is 0.225. The molecule has 0 spiro atoms. The molecule has 0 saturated carbocycles. The lowest BCUT2D eigenvalue weighted by atomic mass is 10.2. The zero-order chi connectivity index (χ0) is 18.1. The molecule has 0 aliphatic carbocycles. The van der Waals surface area contributed by atoms with E-state index in [-0.39, 0.29) is 11.5 Å². The van der Waals surface area contributed by atoms with Crippen molar-refractivity contribution in [3.63, 3.8) is 0 Å². The van der Waals surface area contributed by atoms with Gasteiger partial charge in [0, 0.05) is 12.6 Å². The average Bonchev–Trinajstić information content (AvgIpc) is 3.27. The number of rotatable bonds is 5. The highest BCUT2D eigenvalue weighted by molar-refractivity contribution is 5.84. The van der Waals surface area contributed by atoms with Crippen LogP contribution in [0.1, 0.15) is 12.8 Å². The number of para-hydroxylation sites is 2. The Morgan fingerprint density at radius 3 is 3.00 bits per heavy atom. The summed E-state index contributed by atoms with van der Waals surface area (Å²) in [4.78, 5) is 24.0. The first kappa shape index (κ1) is 16.4. The molecule has 26 heavy (non-hydrogen) atoms. The van der Waals surface area contributed by atoms with Crippen LogP contribution in [-0.2, 0) is 0 Å². The lowest BCUT2D eigenvalue weighted by molar-refractivity contribution is 0.413. The van der Waals surface area contributed by atoms with Crippen molar-refractivity contribution in [1.29, 1.82) is 0 Å². The second-order valence-electron chi connectivity index (χ2n) is 6.24. The molecular weight excluding hydrogens is 334 g/mol. The van der Waals surface area contributed by atoms with Crippen molar-refractivity contribution < 1.29 is 4.74 Å². The summed E-state index contributed by atoms with van der Waals surface area (Å²) in [6, 6.07) is 7.64. The second-order valence-corrected chi connectivity index (χ2v) is 6.24. The summed E-state index contributed by atoms with van der Waals surface area (Å²) in [6.45, 7) is 1.73. The van der Waals surface area contributed by atoms with Crippen molar-refractivity contribution in [3.8, 4) is 11.4 Å². The molecule has 0 radical (unpaired) electrons. The Morgan fingerprint density at radius 2 is 2.23 bits per heavy atom. The van der Waals surface area contributed by atoms with Crippen LogP contribution in [0.4, 0.5) is 11.8 Å². The first-order chi connectivity index (χ1) is 12.7. The van der Waals surface area contributed by atoms with Gasteiger partial charge < -0.3 is 26.1 Å². The van der Waals surface area contributed by atoms with Gasteiger partial charge in [0.15, 0.2) is 11.5 Å². The van der Waals surface area contributed by atoms with Crippen LogP contribution in [0.25, 0.3) is 16.9 Å². The number of methoxy groups -OCH3 is 1. The van der Waals surface area contributed by atoms with Gasteiger partial charge in [-0.15, -0.1) is 0 Å². The van der Waals surface area contributed by atoms with Crippen molar-refractivity contribution in [2.45, 2.75) is 18.9 Å². The Kier molecular flexibility index (Phi) is 4.21. The van der Waals surface area contributed by atoms with Gasteiger partial charge >= 0.3 is 5.69 Å². The van der Waals surface area contributed by atoms with Gasteiger partial charge in [0.1, 0.15) is 11.3 Å². The number of nitrogens with one attached hydrogen (secondary N) is 3. The highest BCUT2D eigenvalue weighted by Gasteiger charge is 2.18. The van der Waals surface area contributed by atoms with Gasteiger partial charge in [-0.05, 0) is 31.5 Å². The molecule has 0 amide bonds. The molecule has 0 bridgehead atoms. The summed E-state index contributed by atoms with van der Waals surface area (Å²) in [6.07, 6.45) is 2.28. The van der Waals surface area contributed by atoms with Crippen LogP contribution in [0, 0.1) is 0 Å². The Hall–Kier alpha value is -3.07. The Morgan fingerprint density at radius 1 is 1.38 bits per heavy atom. The summed E-state index contributed by atoms with van der Waals surface area (Å²) >= 11 is 0. The van der Waals surface area contributed by atoms with Crippen LogP contribution < -0.4 is 26.8 Å². The lowest BCUT2D eigenvalue weighted by Gasteiger charge is -2.12. The molecule has 1 aliphatic heterocycles. The van der Waals surface area contributed by atoms with Crippen LogP contribution in [0.2, 0.25) is 0 Å². The number of fused-ring (bicyclic) bond motifs is 1. The van der Waals surface area contributed by atoms with E-state index in [1.807, 2.05) is 12.1 Å². The first-order valence-corrected chi connectivity index (χ1v) is 8.56. The van der Waals surface area contributed by atoms with Crippen molar-refractivity contribution in [2.24, 2.45) is 0 Å². The molecular formula is C17H21N7O2. The fraction of sp³-hybridized carbons (Fsp3) is 0.353. The van der Waals surface area contributed by atoms with Crippen molar-refractivity contribution in [3.05, 3.63) is 34.7 Å². The van der Waals surface area contributed by atoms with Gasteiger partial charge in [-0.1, -0.05) is 12.1 Å². The van der Waals surface area contributed by atoms with Gasteiger partial charge in [-0.2, -0.15) is 9.97 Å². The van der Waals surface area contributed by atoms with E-state index in [9.17, 15) is 4.79 Å². The number of benzene rings is 1. The number of aromatic nitrogens is 4. The first-order valence-electron chi connectivity index (χ1n) is 8.56. The quantitative estimate of drug-likeness (QED) is 0.535. The molecule has 5 N–H and O–H groups in total. The Balaban J connectivity index is 1.78. The number of anilines is 2. The summed E-state index contributed by atoms with van der Waals surface area (Å²) in [5.74, 6) is 1.19. The lowest BCUT2D eigenvalue weighted by Crippen LogP contribution is -2.29. The van der Waals surface area contributed by atoms with E-state index in [0.29, 0.717) is 41.1 Å². The largest absolute Gasteiger partial charge is 0.495 e. The third-order valence-corrected chi connectivity index (χ3v) is 4.56. The molecule has 1 saturated heterocycles. The zero-order valence-electron chi connectivity index (χ0n) is 14.5. The number of H-pyrrole nitrogens is 1. The van der Waals surface area contributed by atoms with Crippen molar-refractivity contribution in [1.82, 2.24) is 24.8 Å². The molecule has 3 aromatic rings. The van der Waals surface area contributed by atoms with Gasteiger partial charge in [-0.25, -0.2) is 9.36 Å². The van der Waals surface area contributed by atoms with E-state index >= 15 is 0 Å². The average molecular weight is 355 g/mol. The molecule has 4 rings (SSSR count). The number of nitrogens with two attached hydrogens (primary N) is 1. The summed E-state index contributed by atoms with van der Waals surface area (Å²) in [7, 11) is 1.56. The Labute approximate surface area is 149 Å². The SMILES string of the molecule is COc1ccccc1-n1c(=O)[nH]c2c(N)nc(NC[C@H]3CCCN3)nc21. The van der Waals surface area contributed by atoms with Crippen LogP contribution in [0.15, 0.2) is 29.1 Å². The third kappa shape index (κ3) is 2.86. The fourth-order valence-corrected chi connectivity index (χ4v) is 3.27. The maximum Gasteiger partial charge on any atom is 0.332 e. The van der Waals surface area contributed by atoms with Crippen molar-refractivity contribution >= 4 is 22.9 Å². The van der Waals surface area contributed by atoms with E-state index in [1.54, 1.807) is 19.2 Å².